The average molecular weight is 1530 g/mol. The van der Waals surface area contributed by atoms with Crippen LogP contribution in [0.3, 0.4) is 0 Å². The molecule has 24 nitrogen and oxygen atoms in total. The number of carbonyl (C=O) groups is 1. The number of rotatable bonds is 17. The summed E-state index contributed by atoms with van der Waals surface area (Å²) in [6.07, 6.45) is 8.51. The second kappa shape index (κ2) is 34.8. The Morgan fingerprint density at radius 1 is 0.417 bits per heavy atom. The summed E-state index contributed by atoms with van der Waals surface area (Å²) in [4.78, 5) is 48.0. The van der Waals surface area contributed by atoms with E-state index in [0.29, 0.717) is 72.7 Å². The Hall–Kier alpha value is -12.6. The van der Waals surface area contributed by atoms with Crippen LogP contribution in [-0.2, 0) is 23.7 Å². The number of nitrogens with one attached hydrogen (secondary N) is 4. The molecule has 0 bridgehead atoms. The number of morpholine rings is 2. The second-order valence-electron chi connectivity index (χ2n) is 29.8. The van der Waals surface area contributed by atoms with Crippen molar-refractivity contribution in [2.24, 2.45) is 0 Å². The molecule has 7 fully saturated rings. The van der Waals surface area contributed by atoms with Gasteiger partial charge in [0.15, 0.2) is 0 Å². The van der Waals surface area contributed by atoms with Crippen molar-refractivity contribution in [3.63, 3.8) is 0 Å². The van der Waals surface area contributed by atoms with Crippen molar-refractivity contribution < 1.29 is 38.0 Å². The highest BCUT2D eigenvalue weighted by Crippen LogP contribution is 2.39. The molecule has 19 rings (SSSR count). The molecule has 7 aliphatic heterocycles. The lowest BCUT2D eigenvalue weighted by Crippen LogP contribution is -2.56. The zero-order chi connectivity index (χ0) is 78.0. The van der Waals surface area contributed by atoms with Gasteiger partial charge in [-0.3, -0.25) is 24.6 Å². The minimum Gasteiger partial charge on any atom is -0.489 e. The van der Waals surface area contributed by atoms with Crippen LogP contribution in [0, 0.1) is 45.3 Å². The summed E-state index contributed by atoms with van der Waals surface area (Å²) in [5.74, 6) is 1.54. The number of H-pyrrole nitrogens is 3. The highest BCUT2D eigenvalue weighted by atomic mass is 16.5. The second-order valence-corrected chi connectivity index (χ2v) is 29.8. The molecular formula is C91H88N16O8. The van der Waals surface area contributed by atoms with Crippen LogP contribution >= 0.6 is 0 Å². The van der Waals surface area contributed by atoms with Gasteiger partial charge in [-0.2, -0.15) is 21.0 Å². The van der Waals surface area contributed by atoms with E-state index in [4.69, 9.17) is 43.4 Å². The number of aromatic amines is 3. The molecule has 1 amide bonds. The van der Waals surface area contributed by atoms with Gasteiger partial charge >= 0.3 is 0 Å². The average Bonchev–Trinajstić information content (AvgIpc) is 1.66. The lowest BCUT2D eigenvalue weighted by atomic mass is 10.0. The maximum absolute atomic E-state index is 12.0. The lowest BCUT2D eigenvalue weighted by Gasteiger charge is -2.43. The van der Waals surface area contributed by atoms with E-state index in [-0.39, 0.29) is 30.6 Å². The number of carbonyl (C=O) groups excluding carboxylic acids is 1. The van der Waals surface area contributed by atoms with Crippen molar-refractivity contribution >= 4 is 55.7 Å². The third-order valence-corrected chi connectivity index (χ3v) is 22.7. The van der Waals surface area contributed by atoms with Crippen molar-refractivity contribution in [1.29, 1.82) is 21.0 Å². The number of hydrogen-bond donors (Lipinski definition) is 4. The fraction of sp³-hybridized carbons (Fsp3) is 0.319. The van der Waals surface area contributed by atoms with E-state index < -0.39 is 0 Å². The predicted molar refractivity (Wildman–Crippen MR) is 442 cm³/mol. The van der Waals surface area contributed by atoms with E-state index in [0.717, 1.165) is 225 Å². The minimum atomic E-state index is -0.219. The van der Waals surface area contributed by atoms with Gasteiger partial charge in [0.05, 0.1) is 105 Å². The summed E-state index contributed by atoms with van der Waals surface area (Å²) in [7, 11) is 0. The summed E-state index contributed by atoms with van der Waals surface area (Å²) in [6, 6.07) is 64.8. The predicted octanol–water partition coefficient (Wildman–Crippen LogP) is 13.7. The molecular weight excluding hydrogens is 1450 g/mol. The highest BCUT2D eigenvalue weighted by Gasteiger charge is 2.31. The molecule has 12 aromatic rings. The number of nitrogens with zero attached hydrogens (tertiary/aromatic N) is 12. The summed E-state index contributed by atoms with van der Waals surface area (Å²) in [6.45, 7) is 16.8. The van der Waals surface area contributed by atoms with Gasteiger partial charge in [-0.15, -0.1) is 0 Å². The van der Waals surface area contributed by atoms with Crippen LogP contribution in [-0.4, -0.2) is 201 Å². The SMILES string of the molecule is N#CCC(=O)N1CC[C@@H](Oc2ccc(-c3nccc4[nH]c(-c5ccc(N6CCOCC6)cc5)cc34)cc2C#N)C1.N#Cc1cc(-c2nccc3[nH]c(-c4ccc(N5CCN(C6COC6)CC5)cc4)cc23)ccc1OC1CCOCC1.N#Cc1cc(-c2nccc3[nH]c(-c4ccc(N5CCOCC5)cc4)cc23)ccc1O[C@@H]1CCNC1. The number of amides is 1. The van der Waals surface area contributed by atoms with E-state index in [9.17, 15) is 20.6 Å². The number of hydrogen-bond acceptors (Lipinski definition) is 20. The Balaban J connectivity index is 0.000000125. The summed E-state index contributed by atoms with van der Waals surface area (Å²) >= 11 is 0. The maximum atomic E-state index is 12.0. The number of nitriles is 4. The quantitative estimate of drug-likeness (QED) is 0.0658. The van der Waals surface area contributed by atoms with E-state index in [1.807, 2.05) is 72.9 Å². The Bertz CT molecular complexity index is 5620. The van der Waals surface area contributed by atoms with Crippen molar-refractivity contribution in [1.82, 2.24) is 45.0 Å². The fourth-order valence-corrected chi connectivity index (χ4v) is 16.2. The number of likely N-dealkylation sites (tertiary alicyclic amines) is 1. The van der Waals surface area contributed by atoms with Crippen molar-refractivity contribution in [2.75, 3.05) is 146 Å². The van der Waals surface area contributed by atoms with Crippen molar-refractivity contribution in [2.45, 2.75) is 56.5 Å². The van der Waals surface area contributed by atoms with Gasteiger partial charge in [-0.1, -0.05) is 36.4 Å². The zero-order valence-corrected chi connectivity index (χ0v) is 63.9. The van der Waals surface area contributed by atoms with E-state index >= 15 is 0 Å². The van der Waals surface area contributed by atoms with E-state index in [1.165, 1.54) is 17.1 Å². The van der Waals surface area contributed by atoms with Gasteiger partial charge in [0.2, 0.25) is 5.91 Å². The normalized spacial score (nSPS) is 18.0. The minimum absolute atomic E-state index is 0.0823. The Labute approximate surface area is 666 Å². The third-order valence-electron chi connectivity index (χ3n) is 22.7. The first-order valence-electron chi connectivity index (χ1n) is 39.7. The molecule has 7 saturated heterocycles. The smallest absolute Gasteiger partial charge is 0.236 e. The van der Waals surface area contributed by atoms with Gasteiger partial charge in [-0.25, -0.2) is 0 Å². The molecule has 0 radical (unpaired) electrons. The molecule has 0 spiro atoms. The molecule has 6 aromatic heterocycles. The largest absolute Gasteiger partial charge is 0.489 e. The van der Waals surface area contributed by atoms with Crippen molar-refractivity contribution in [3.8, 4) is 109 Å². The van der Waals surface area contributed by atoms with Gasteiger partial charge in [0, 0.05) is 187 Å². The van der Waals surface area contributed by atoms with Gasteiger partial charge in [0.25, 0.3) is 0 Å². The van der Waals surface area contributed by atoms with Crippen molar-refractivity contribution in [3.05, 3.63) is 199 Å². The molecule has 115 heavy (non-hydrogen) atoms. The number of piperazine rings is 1. The number of fused-ring (bicyclic) bond motifs is 3. The van der Waals surface area contributed by atoms with Gasteiger partial charge in [0.1, 0.15) is 60.2 Å². The highest BCUT2D eigenvalue weighted by molar-refractivity contribution is 5.99. The van der Waals surface area contributed by atoms with Crippen LogP contribution in [0.4, 0.5) is 17.1 Å². The Morgan fingerprint density at radius 3 is 1.21 bits per heavy atom. The van der Waals surface area contributed by atoms with Crippen LogP contribution < -0.4 is 34.2 Å². The summed E-state index contributed by atoms with van der Waals surface area (Å²) < 4.78 is 40.1. The standard InChI is InChI=1S/C32H33N5O3.C31H28N6O3.C28H27N5O2/c33-19-24-17-23(3-6-31(24)40-27-8-15-38-16-9-27)32-28-18-30(35-29(28)7-10-34-32)22-1-4-25(5-2-22)36-11-13-37(14-12-36)26-20-39-21-26;32-10-7-30(38)37-12-9-25(20-37)40-29-6-3-22(17-23(29)19-33)31-26-18-28(35-27(26)8-11-34-31)21-1-4-24(5-2-21)36-13-15-39-16-14-36;29-17-21-15-20(3-6-27(21)35-23-7-9-30-18-23)28-24-16-26(32-25(24)8-10-31-28)19-1-4-22(5-2-19)33-11-13-34-14-12-33/h1-7,10,17-18,26-27,35H,8-9,11-16,20-21H2;1-6,8,11,17-18,25,35H,7,9,12-16,20H2;1-6,8,10,15-16,23,30,32H,7,9,11-14,18H2/t;25-;23-/m.11/s1. The van der Waals surface area contributed by atoms with Crippen LogP contribution in [0.15, 0.2) is 182 Å². The van der Waals surface area contributed by atoms with E-state index in [2.05, 4.69) is 159 Å². The first-order chi connectivity index (χ1) is 56.6. The van der Waals surface area contributed by atoms with Crippen LogP contribution in [0.5, 0.6) is 17.2 Å². The summed E-state index contributed by atoms with van der Waals surface area (Å²) in [5.41, 5.74) is 19.6. The fourth-order valence-electron chi connectivity index (χ4n) is 16.2. The maximum Gasteiger partial charge on any atom is 0.236 e. The molecule has 7 aliphatic rings. The lowest BCUT2D eigenvalue weighted by molar-refractivity contribution is -0.129. The molecule has 0 saturated carbocycles. The van der Waals surface area contributed by atoms with Crippen LogP contribution in [0.25, 0.3) is 100 Å². The first kappa shape index (κ1) is 75.1. The topological polar surface area (TPSA) is 291 Å². The first-order valence-corrected chi connectivity index (χ1v) is 39.7. The number of ether oxygens (including phenoxy) is 7. The van der Waals surface area contributed by atoms with Gasteiger partial charge < -0.3 is 73.0 Å². The van der Waals surface area contributed by atoms with E-state index in [1.54, 1.807) is 29.4 Å². The molecule has 0 aliphatic carbocycles. The van der Waals surface area contributed by atoms with Crippen LogP contribution in [0.1, 0.15) is 48.8 Å². The van der Waals surface area contributed by atoms with Gasteiger partial charge in [-0.05, 0) is 157 Å². The Morgan fingerprint density at radius 2 is 0.817 bits per heavy atom. The molecule has 4 N–H and O–H groups in total. The van der Waals surface area contributed by atoms with Crippen LogP contribution in [0.2, 0.25) is 0 Å². The monoisotopic (exact) mass is 1530 g/mol. The number of pyridine rings is 3. The third kappa shape index (κ3) is 16.9. The number of anilines is 3. The number of aromatic nitrogens is 6. The number of benzene rings is 6. The Kier molecular flexibility index (Phi) is 22.7. The molecule has 0 unspecified atom stereocenters. The molecule has 6 aromatic carbocycles. The molecule has 580 valence electrons. The molecule has 2 atom stereocenters. The zero-order valence-electron chi connectivity index (χ0n) is 63.9. The summed E-state index contributed by atoms with van der Waals surface area (Å²) in [5, 5.41) is 44.6. The molecule has 13 heterocycles. The molecule has 24 heteroatoms.